The van der Waals surface area contributed by atoms with Gasteiger partial charge in [0.25, 0.3) is 5.91 Å². The van der Waals surface area contributed by atoms with Gasteiger partial charge in [0, 0.05) is 20.0 Å². The fraction of sp³-hybridized carbons (Fsp3) is 0.286. The van der Waals surface area contributed by atoms with Gasteiger partial charge in [-0.1, -0.05) is 42.5 Å². The van der Waals surface area contributed by atoms with Gasteiger partial charge in [0.05, 0.1) is 11.3 Å². The molecular weight excluding hydrogens is 344 g/mol. The van der Waals surface area contributed by atoms with Crippen LogP contribution in [0.1, 0.15) is 35.3 Å². The van der Waals surface area contributed by atoms with Crippen molar-refractivity contribution in [3.63, 3.8) is 0 Å². The molecule has 0 aliphatic heterocycles. The number of likely N-dealkylation sites (N-methyl/N-ethyl adjacent to an activating group) is 1. The van der Waals surface area contributed by atoms with Gasteiger partial charge < -0.3 is 15.0 Å². The van der Waals surface area contributed by atoms with Crippen LogP contribution in [0, 0.1) is 6.92 Å². The zero-order chi connectivity index (χ0) is 19.8. The van der Waals surface area contributed by atoms with E-state index in [1.54, 1.807) is 30.0 Å². The molecule has 0 bridgehead atoms. The first kappa shape index (κ1) is 20.2. The first-order chi connectivity index (χ1) is 12.9. The standard InChI is InChI=1S/C21H24N2O4/c1-4-23(13-17-10-6-5-7-11-17)19(25)14-27-21(26)18-12-8-9-15(2)20(18)22-16(3)24/h5-12H,4,13-14H2,1-3H3,(H,22,24). The number of carbonyl (C=O) groups excluding carboxylic acids is 3. The number of para-hydroxylation sites is 1. The number of nitrogens with one attached hydrogen (secondary N) is 1. The van der Waals surface area contributed by atoms with E-state index < -0.39 is 5.97 Å². The molecular formula is C21H24N2O4. The summed E-state index contributed by atoms with van der Waals surface area (Å²) in [5, 5.41) is 2.64. The lowest BCUT2D eigenvalue weighted by Gasteiger charge is -2.21. The van der Waals surface area contributed by atoms with Gasteiger partial charge in [-0.15, -0.1) is 0 Å². The fourth-order valence-electron chi connectivity index (χ4n) is 2.66. The third-order valence-corrected chi connectivity index (χ3v) is 4.07. The van der Waals surface area contributed by atoms with Gasteiger partial charge in [-0.2, -0.15) is 0 Å². The third-order valence-electron chi connectivity index (χ3n) is 4.07. The van der Waals surface area contributed by atoms with Crippen LogP contribution in [0.25, 0.3) is 0 Å². The van der Waals surface area contributed by atoms with E-state index in [0.29, 0.717) is 18.8 Å². The number of hydrogen-bond acceptors (Lipinski definition) is 4. The predicted octanol–water partition coefficient (Wildman–Crippen LogP) is 3.16. The molecule has 2 aromatic carbocycles. The number of ether oxygens (including phenoxy) is 1. The average Bonchev–Trinajstić information content (AvgIpc) is 2.66. The van der Waals surface area contributed by atoms with Gasteiger partial charge in [-0.05, 0) is 31.0 Å². The maximum Gasteiger partial charge on any atom is 0.340 e. The van der Waals surface area contributed by atoms with E-state index in [1.807, 2.05) is 37.3 Å². The SMILES string of the molecule is CCN(Cc1ccccc1)C(=O)COC(=O)c1cccc(C)c1NC(C)=O. The van der Waals surface area contributed by atoms with E-state index in [-0.39, 0.29) is 24.0 Å². The summed E-state index contributed by atoms with van der Waals surface area (Å²) in [5.41, 5.74) is 2.37. The van der Waals surface area contributed by atoms with Crippen LogP contribution in [0.5, 0.6) is 0 Å². The van der Waals surface area contributed by atoms with E-state index in [4.69, 9.17) is 4.74 Å². The molecule has 0 heterocycles. The molecule has 2 amide bonds. The lowest BCUT2D eigenvalue weighted by atomic mass is 10.1. The second-order valence-electron chi connectivity index (χ2n) is 6.15. The van der Waals surface area contributed by atoms with Crippen molar-refractivity contribution in [3.8, 4) is 0 Å². The minimum Gasteiger partial charge on any atom is -0.452 e. The molecule has 6 heteroatoms. The van der Waals surface area contributed by atoms with Crippen LogP contribution in [-0.2, 0) is 20.9 Å². The van der Waals surface area contributed by atoms with Crippen LogP contribution >= 0.6 is 0 Å². The first-order valence-electron chi connectivity index (χ1n) is 8.78. The molecule has 1 N–H and O–H groups in total. The van der Waals surface area contributed by atoms with Crippen LogP contribution in [0.3, 0.4) is 0 Å². The Balaban J connectivity index is 2.03. The summed E-state index contributed by atoms with van der Waals surface area (Å²) in [4.78, 5) is 37.9. The van der Waals surface area contributed by atoms with Gasteiger partial charge in [-0.3, -0.25) is 9.59 Å². The van der Waals surface area contributed by atoms with Crippen molar-refractivity contribution in [2.75, 3.05) is 18.5 Å². The Morgan fingerprint density at radius 2 is 1.74 bits per heavy atom. The molecule has 2 aromatic rings. The van der Waals surface area contributed by atoms with Gasteiger partial charge in [0.15, 0.2) is 6.61 Å². The summed E-state index contributed by atoms with van der Waals surface area (Å²) in [6.45, 7) is 5.63. The van der Waals surface area contributed by atoms with E-state index in [1.165, 1.54) is 6.92 Å². The number of carbonyl (C=O) groups is 3. The fourth-order valence-corrected chi connectivity index (χ4v) is 2.66. The van der Waals surface area contributed by atoms with Gasteiger partial charge in [0.2, 0.25) is 5.91 Å². The number of esters is 1. The minimum absolute atomic E-state index is 0.226. The molecule has 0 unspecified atom stereocenters. The van der Waals surface area contributed by atoms with E-state index in [9.17, 15) is 14.4 Å². The molecule has 0 spiro atoms. The van der Waals surface area contributed by atoms with Gasteiger partial charge in [-0.25, -0.2) is 4.79 Å². The molecule has 27 heavy (non-hydrogen) atoms. The van der Waals surface area contributed by atoms with Gasteiger partial charge in [0.1, 0.15) is 0 Å². The Morgan fingerprint density at radius 1 is 1.04 bits per heavy atom. The summed E-state index contributed by atoms with van der Waals surface area (Å²) < 4.78 is 5.21. The highest BCUT2D eigenvalue weighted by Gasteiger charge is 2.19. The number of amides is 2. The van der Waals surface area contributed by atoms with Crippen molar-refractivity contribution in [1.29, 1.82) is 0 Å². The van der Waals surface area contributed by atoms with Crippen molar-refractivity contribution in [1.82, 2.24) is 4.90 Å². The van der Waals surface area contributed by atoms with Crippen molar-refractivity contribution in [2.45, 2.75) is 27.3 Å². The molecule has 0 aliphatic carbocycles. The Bertz CT molecular complexity index is 818. The van der Waals surface area contributed by atoms with Crippen LogP contribution in [0.4, 0.5) is 5.69 Å². The van der Waals surface area contributed by atoms with Crippen molar-refractivity contribution < 1.29 is 19.1 Å². The molecule has 142 valence electrons. The lowest BCUT2D eigenvalue weighted by molar-refractivity contribution is -0.135. The highest BCUT2D eigenvalue weighted by molar-refractivity contribution is 6.02. The molecule has 0 saturated heterocycles. The molecule has 0 atom stereocenters. The smallest absolute Gasteiger partial charge is 0.340 e. The molecule has 0 aliphatic rings. The Morgan fingerprint density at radius 3 is 2.37 bits per heavy atom. The van der Waals surface area contributed by atoms with Crippen molar-refractivity contribution >= 4 is 23.5 Å². The van der Waals surface area contributed by atoms with Crippen LogP contribution in [-0.4, -0.2) is 35.8 Å². The average molecular weight is 368 g/mol. The summed E-state index contributed by atoms with van der Waals surface area (Å²) in [5.74, 6) is -1.20. The second kappa shape index (κ2) is 9.52. The molecule has 0 saturated carbocycles. The summed E-state index contributed by atoms with van der Waals surface area (Å²) >= 11 is 0. The Hall–Kier alpha value is -3.15. The second-order valence-corrected chi connectivity index (χ2v) is 6.15. The molecule has 6 nitrogen and oxygen atoms in total. The summed E-state index contributed by atoms with van der Waals surface area (Å²) in [6.07, 6.45) is 0. The molecule has 0 radical (unpaired) electrons. The van der Waals surface area contributed by atoms with E-state index in [2.05, 4.69) is 5.32 Å². The van der Waals surface area contributed by atoms with E-state index in [0.717, 1.165) is 11.1 Å². The highest BCUT2D eigenvalue weighted by atomic mass is 16.5. The van der Waals surface area contributed by atoms with Crippen LogP contribution < -0.4 is 5.32 Å². The van der Waals surface area contributed by atoms with E-state index >= 15 is 0 Å². The Labute approximate surface area is 159 Å². The lowest BCUT2D eigenvalue weighted by Crippen LogP contribution is -2.34. The van der Waals surface area contributed by atoms with Crippen molar-refractivity contribution in [3.05, 3.63) is 65.2 Å². The normalized spacial score (nSPS) is 10.2. The Kier molecular flexibility index (Phi) is 7.11. The monoisotopic (exact) mass is 368 g/mol. The summed E-state index contributed by atoms with van der Waals surface area (Å²) in [6, 6.07) is 14.7. The number of hydrogen-bond donors (Lipinski definition) is 1. The first-order valence-corrected chi connectivity index (χ1v) is 8.78. The van der Waals surface area contributed by atoms with Crippen LogP contribution in [0.15, 0.2) is 48.5 Å². The molecule has 0 aromatic heterocycles. The number of benzene rings is 2. The quantitative estimate of drug-likeness (QED) is 0.762. The number of rotatable bonds is 7. The maximum atomic E-state index is 12.4. The topological polar surface area (TPSA) is 75.7 Å². The maximum absolute atomic E-state index is 12.4. The number of anilines is 1. The zero-order valence-electron chi connectivity index (χ0n) is 15.8. The summed E-state index contributed by atoms with van der Waals surface area (Å²) in [7, 11) is 0. The van der Waals surface area contributed by atoms with Gasteiger partial charge >= 0.3 is 5.97 Å². The predicted molar refractivity (Wildman–Crippen MR) is 103 cm³/mol. The van der Waals surface area contributed by atoms with Crippen LogP contribution in [0.2, 0.25) is 0 Å². The molecule has 0 fully saturated rings. The molecule has 2 rings (SSSR count). The highest BCUT2D eigenvalue weighted by Crippen LogP contribution is 2.21. The zero-order valence-corrected chi connectivity index (χ0v) is 15.8. The minimum atomic E-state index is -0.647. The van der Waals surface area contributed by atoms with Crippen molar-refractivity contribution in [2.24, 2.45) is 0 Å². The number of aryl methyl sites for hydroxylation is 1. The third kappa shape index (κ3) is 5.67. The number of nitrogens with zero attached hydrogens (tertiary/aromatic N) is 1. The largest absolute Gasteiger partial charge is 0.452 e.